The molecule has 0 aliphatic carbocycles. The molecule has 0 amide bonds. The summed E-state index contributed by atoms with van der Waals surface area (Å²) in [6.07, 6.45) is 8.15. The second-order valence-corrected chi connectivity index (χ2v) is 3.05. The Morgan fingerprint density at radius 1 is 0.882 bits per heavy atom. The average Bonchev–Trinajstić information content (AvgIpc) is 2.41. The predicted octanol–water partition coefficient (Wildman–Crippen LogP) is -0.785. The van der Waals surface area contributed by atoms with Crippen LogP contribution in [0.1, 0.15) is 5.56 Å². The first kappa shape index (κ1) is 15.4. The molecule has 17 heavy (non-hydrogen) atoms. The molecule has 1 aromatic heterocycles. The Labute approximate surface area is 108 Å². The molecule has 0 saturated heterocycles. The molecule has 1 N–H and O–H groups in total. The van der Waals surface area contributed by atoms with Crippen molar-refractivity contribution in [2.24, 2.45) is 0 Å². The summed E-state index contributed by atoms with van der Waals surface area (Å²) in [4.78, 5) is 0. The maximum atomic E-state index is 7.00. The van der Waals surface area contributed by atoms with Crippen LogP contribution in [0.3, 0.4) is 0 Å². The third kappa shape index (κ3) is 5.85. The van der Waals surface area contributed by atoms with Gasteiger partial charge in [0.1, 0.15) is 0 Å². The highest BCUT2D eigenvalue weighted by molar-refractivity contribution is 5.56. The number of benzene rings is 1. The average molecular weight is 250 g/mol. The SMILES string of the molecule is C(=C[n+]1ccccc1)c1ccccc1.CO.[Cl-]. The highest BCUT2D eigenvalue weighted by Gasteiger charge is 1.89. The van der Waals surface area contributed by atoms with Crippen molar-refractivity contribution in [1.29, 1.82) is 0 Å². The zero-order valence-electron chi connectivity index (χ0n) is 9.70. The van der Waals surface area contributed by atoms with E-state index in [0.29, 0.717) is 0 Å². The quantitative estimate of drug-likeness (QED) is 0.694. The smallest absolute Gasteiger partial charge is 0.175 e. The fraction of sp³-hybridized carbons (Fsp3) is 0.0714. The van der Waals surface area contributed by atoms with Gasteiger partial charge in [0.15, 0.2) is 18.6 Å². The van der Waals surface area contributed by atoms with Gasteiger partial charge in [-0.25, -0.2) is 0 Å². The second-order valence-electron chi connectivity index (χ2n) is 3.05. The molecule has 2 nitrogen and oxygen atoms in total. The van der Waals surface area contributed by atoms with Crippen LogP contribution < -0.4 is 17.0 Å². The zero-order chi connectivity index (χ0) is 11.6. The highest BCUT2D eigenvalue weighted by Crippen LogP contribution is 1.99. The minimum Gasteiger partial charge on any atom is -1.00 e. The predicted molar refractivity (Wildman–Crippen MR) is 66.4 cm³/mol. The van der Waals surface area contributed by atoms with E-state index in [1.54, 1.807) is 0 Å². The minimum absolute atomic E-state index is 0. The van der Waals surface area contributed by atoms with Gasteiger partial charge in [-0.05, 0) is 5.56 Å². The fourth-order valence-corrected chi connectivity index (χ4v) is 1.25. The van der Waals surface area contributed by atoms with Crippen LogP contribution in [0.4, 0.5) is 0 Å². The Morgan fingerprint density at radius 3 is 2.00 bits per heavy atom. The van der Waals surface area contributed by atoms with Crippen molar-refractivity contribution in [2.45, 2.75) is 0 Å². The number of rotatable bonds is 2. The van der Waals surface area contributed by atoms with E-state index in [0.717, 1.165) is 7.11 Å². The largest absolute Gasteiger partial charge is 1.00 e. The number of halogens is 1. The van der Waals surface area contributed by atoms with Gasteiger partial charge in [0.2, 0.25) is 0 Å². The van der Waals surface area contributed by atoms with E-state index in [9.17, 15) is 0 Å². The van der Waals surface area contributed by atoms with Crippen LogP contribution in [0, 0.1) is 0 Å². The molecule has 0 saturated carbocycles. The molecule has 0 radical (unpaired) electrons. The third-order valence-corrected chi connectivity index (χ3v) is 1.98. The number of hydrogen-bond donors (Lipinski definition) is 1. The van der Waals surface area contributed by atoms with Crippen LogP contribution in [0.25, 0.3) is 12.3 Å². The Bertz CT molecular complexity index is 373. The van der Waals surface area contributed by atoms with Crippen molar-refractivity contribution in [2.75, 3.05) is 7.11 Å². The lowest BCUT2D eigenvalue weighted by Crippen LogP contribution is -3.00. The number of nitrogens with zero attached hydrogens (tertiary/aromatic N) is 1. The lowest BCUT2D eigenvalue weighted by Gasteiger charge is -1.88. The van der Waals surface area contributed by atoms with E-state index in [-0.39, 0.29) is 12.4 Å². The van der Waals surface area contributed by atoms with Gasteiger partial charge in [-0.2, -0.15) is 4.57 Å². The van der Waals surface area contributed by atoms with E-state index >= 15 is 0 Å². The summed E-state index contributed by atoms with van der Waals surface area (Å²) in [6.45, 7) is 0. The molecule has 3 heteroatoms. The molecule has 1 heterocycles. The molecule has 0 bridgehead atoms. The molecular weight excluding hydrogens is 234 g/mol. The molecule has 0 fully saturated rings. The van der Waals surface area contributed by atoms with Gasteiger partial charge in [-0.15, -0.1) is 0 Å². The van der Waals surface area contributed by atoms with E-state index in [1.807, 2.05) is 59.6 Å². The van der Waals surface area contributed by atoms with Gasteiger partial charge in [0.05, 0.1) is 0 Å². The summed E-state index contributed by atoms with van der Waals surface area (Å²) in [6, 6.07) is 16.3. The molecule has 0 aliphatic heterocycles. The Hall–Kier alpha value is -1.64. The number of hydrogen-bond acceptors (Lipinski definition) is 1. The van der Waals surface area contributed by atoms with Crippen LogP contribution in [0.2, 0.25) is 0 Å². The van der Waals surface area contributed by atoms with Crippen LogP contribution in [0.5, 0.6) is 0 Å². The topological polar surface area (TPSA) is 24.1 Å². The summed E-state index contributed by atoms with van der Waals surface area (Å²) in [5.41, 5.74) is 1.21. The maximum Gasteiger partial charge on any atom is 0.175 e. The highest BCUT2D eigenvalue weighted by atomic mass is 35.5. The monoisotopic (exact) mass is 249 g/mol. The molecule has 0 spiro atoms. The Balaban J connectivity index is 0.000000811. The Morgan fingerprint density at radius 2 is 1.41 bits per heavy atom. The van der Waals surface area contributed by atoms with Crippen LogP contribution >= 0.6 is 0 Å². The molecule has 0 atom stereocenters. The van der Waals surface area contributed by atoms with Gasteiger partial charge in [0.25, 0.3) is 0 Å². The number of aliphatic hydroxyl groups is 1. The van der Waals surface area contributed by atoms with Crippen molar-refractivity contribution in [1.82, 2.24) is 0 Å². The minimum atomic E-state index is 0. The van der Waals surface area contributed by atoms with Gasteiger partial charge in [-0.3, -0.25) is 0 Å². The number of pyridine rings is 1. The first-order valence-corrected chi connectivity index (χ1v) is 5.09. The molecular formula is C14H16ClNO. The third-order valence-electron chi connectivity index (χ3n) is 1.98. The van der Waals surface area contributed by atoms with Crippen LogP contribution in [0.15, 0.2) is 60.9 Å². The van der Waals surface area contributed by atoms with Crippen molar-refractivity contribution in [3.8, 4) is 0 Å². The number of aliphatic hydroxyl groups excluding tert-OH is 1. The molecule has 0 aliphatic rings. The molecule has 0 unspecified atom stereocenters. The van der Waals surface area contributed by atoms with Gasteiger partial charge in [-0.1, -0.05) is 36.4 Å². The van der Waals surface area contributed by atoms with E-state index < -0.39 is 0 Å². The summed E-state index contributed by atoms with van der Waals surface area (Å²) in [7, 11) is 1.00. The standard InChI is InChI=1S/C13H12N.CH4O.ClH/c1-3-7-13(8-4-1)9-12-14-10-5-2-6-11-14;1-2;/h1-12H;2H,1H3;1H/q+1;;/p-1. The lowest BCUT2D eigenvalue weighted by molar-refractivity contribution is -0.567. The van der Waals surface area contributed by atoms with Gasteiger partial charge < -0.3 is 17.5 Å². The summed E-state index contributed by atoms with van der Waals surface area (Å²) in [5, 5.41) is 7.00. The van der Waals surface area contributed by atoms with E-state index in [1.165, 1.54) is 5.56 Å². The van der Waals surface area contributed by atoms with Crippen molar-refractivity contribution < 1.29 is 22.1 Å². The molecule has 2 aromatic rings. The van der Waals surface area contributed by atoms with E-state index in [2.05, 4.69) is 18.2 Å². The summed E-state index contributed by atoms with van der Waals surface area (Å²) in [5.74, 6) is 0. The van der Waals surface area contributed by atoms with Crippen molar-refractivity contribution in [3.63, 3.8) is 0 Å². The zero-order valence-corrected chi connectivity index (χ0v) is 10.5. The first-order valence-electron chi connectivity index (χ1n) is 5.09. The van der Waals surface area contributed by atoms with Crippen LogP contribution in [-0.2, 0) is 0 Å². The fourth-order valence-electron chi connectivity index (χ4n) is 1.25. The maximum absolute atomic E-state index is 7.00. The van der Waals surface area contributed by atoms with Gasteiger partial charge in [0, 0.05) is 25.3 Å². The summed E-state index contributed by atoms with van der Waals surface area (Å²) < 4.78 is 2.02. The Kier molecular flexibility index (Phi) is 8.65. The first-order chi connectivity index (χ1) is 7.95. The lowest BCUT2D eigenvalue weighted by atomic mass is 10.2. The molecule has 1 aromatic carbocycles. The van der Waals surface area contributed by atoms with Gasteiger partial charge >= 0.3 is 0 Å². The summed E-state index contributed by atoms with van der Waals surface area (Å²) >= 11 is 0. The molecule has 90 valence electrons. The second kappa shape index (κ2) is 9.58. The number of aromatic nitrogens is 1. The normalized spacial score (nSPS) is 9.06. The molecule has 2 rings (SSSR count). The van der Waals surface area contributed by atoms with Crippen LogP contribution in [-0.4, -0.2) is 12.2 Å². The van der Waals surface area contributed by atoms with E-state index in [4.69, 9.17) is 5.11 Å². The van der Waals surface area contributed by atoms with Crippen molar-refractivity contribution in [3.05, 3.63) is 66.5 Å². The van der Waals surface area contributed by atoms with Crippen molar-refractivity contribution >= 4 is 12.3 Å².